The van der Waals surface area contributed by atoms with E-state index in [0.29, 0.717) is 35.1 Å². The summed E-state index contributed by atoms with van der Waals surface area (Å²) in [5.41, 5.74) is 2.57. The van der Waals surface area contributed by atoms with E-state index in [9.17, 15) is 5.11 Å². The van der Waals surface area contributed by atoms with Crippen LogP contribution in [-0.4, -0.2) is 38.1 Å². The number of aliphatic hydroxyl groups is 1. The first kappa shape index (κ1) is 21.6. The van der Waals surface area contributed by atoms with Gasteiger partial charge in [0.2, 0.25) is 0 Å². The average Bonchev–Trinajstić information content (AvgIpc) is 3.80. The highest BCUT2D eigenvalue weighted by molar-refractivity contribution is 5.57. The van der Waals surface area contributed by atoms with Crippen molar-refractivity contribution in [3.8, 4) is 11.5 Å². The molecule has 4 heterocycles. The smallest absolute Gasteiger partial charge is 0.168 e. The number of pyridine rings is 2. The Morgan fingerprint density at radius 1 is 1.06 bits per heavy atom. The summed E-state index contributed by atoms with van der Waals surface area (Å²) in [7, 11) is 0. The minimum atomic E-state index is -0.525. The van der Waals surface area contributed by atoms with E-state index < -0.39 is 6.10 Å². The van der Waals surface area contributed by atoms with Gasteiger partial charge in [-0.2, -0.15) is 5.10 Å². The van der Waals surface area contributed by atoms with Crippen LogP contribution >= 0.6 is 0 Å². The van der Waals surface area contributed by atoms with Crippen LogP contribution in [0.3, 0.4) is 0 Å². The second kappa shape index (κ2) is 9.35. The Morgan fingerprint density at radius 3 is 2.68 bits per heavy atom. The standard InChI is InChI=1S/C26H31N5O3/c32-23(13-17-1-2-17)22-14-19(5-9-27-22)29-25-15-21(6-10-28-25)34-24-16-31(20-3-4-20)30-26(24)18-7-11-33-12-8-18/h5-6,9-10,14-18,20,23,32H,1-4,7-8,11-13H2,(H,27,28,29). The molecule has 1 saturated heterocycles. The third-order valence-corrected chi connectivity index (χ3v) is 6.86. The second-order valence-corrected chi connectivity index (χ2v) is 9.74. The van der Waals surface area contributed by atoms with E-state index in [4.69, 9.17) is 14.6 Å². The number of rotatable bonds is 9. The molecule has 8 heteroatoms. The van der Waals surface area contributed by atoms with Gasteiger partial charge in [-0.05, 0) is 56.2 Å². The molecule has 2 aliphatic carbocycles. The van der Waals surface area contributed by atoms with Gasteiger partial charge in [0.1, 0.15) is 17.3 Å². The second-order valence-electron chi connectivity index (χ2n) is 9.74. The van der Waals surface area contributed by atoms with Crippen molar-refractivity contribution in [2.24, 2.45) is 5.92 Å². The highest BCUT2D eigenvalue weighted by Gasteiger charge is 2.30. The molecule has 1 aliphatic heterocycles. The molecule has 34 heavy (non-hydrogen) atoms. The summed E-state index contributed by atoms with van der Waals surface area (Å²) in [5.74, 6) is 3.21. The molecule has 3 aliphatic rings. The van der Waals surface area contributed by atoms with Crippen LogP contribution in [-0.2, 0) is 4.74 Å². The van der Waals surface area contributed by atoms with Crippen LogP contribution in [0.5, 0.6) is 11.5 Å². The fourth-order valence-electron chi connectivity index (χ4n) is 4.56. The number of nitrogens with one attached hydrogen (secondary N) is 1. The highest BCUT2D eigenvalue weighted by atomic mass is 16.5. The van der Waals surface area contributed by atoms with Crippen molar-refractivity contribution < 1.29 is 14.6 Å². The summed E-state index contributed by atoms with van der Waals surface area (Å²) in [6.07, 6.45) is 12.5. The number of aromatic nitrogens is 4. The Kier molecular flexibility index (Phi) is 5.93. The average molecular weight is 462 g/mol. The summed E-state index contributed by atoms with van der Waals surface area (Å²) in [6, 6.07) is 8.03. The van der Waals surface area contributed by atoms with E-state index in [1.54, 1.807) is 12.4 Å². The molecule has 1 atom stereocenters. The van der Waals surface area contributed by atoms with Crippen molar-refractivity contribution in [1.29, 1.82) is 0 Å². The summed E-state index contributed by atoms with van der Waals surface area (Å²) >= 11 is 0. The molecule has 0 spiro atoms. The summed E-state index contributed by atoms with van der Waals surface area (Å²) in [5, 5.41) is 18.7. The van der Waals surface area contributed by atoms with Gasteiger partial charge in [-0.1, -0.05) is 12.8 Å². The fourth-order valence-corrected chi connectivity index (χ4v) is 4.56. The van der Waals surface area contributed by atoms with Crippen molar-refractivity contribution in [2.45, 2.75) is 63.0 Å². The molecule has 2 N–H and O–H groups in total. The number of aliphatic hydroxyl groups excluding tert-OH is 1. The Balaban J connectivity index is 1.18. The van der Waals surface area contributed by atoms with E-state index in [2.05, 4.69) is 20.0 Å². The van der Waals surface area contributed by atoms with Crippen LogP contribution in [0.25, 0.3) is 0 Å². The van der Waals surface area contributed by atoms with Gasteiger partial charge < -0.3 is 19.9 Å². The minimum Gasteiger partial charge on any atom is -0.454 e. The van der Waals surface area contributed by atoms with E-state index in [-0.39, 0.29) is 0 Å². The zero-order valence-electron chi connectivity index (χ0n) is 19.3. The lowest BCUT2D eigenvalue weighted by Crippen LogP contribution is -2.15. The van der Waals surface area contributed by atoms with Crippen molar-refractivity contribution in [1.82, 2.24) is 19.7 Å². The van der Waals surface area contributed by atoms with Crippen LogP contribution in [0, 0.1) is 5.92 Å². The molecule has 6 rings (SSSR count). The summed E-state index contributed by atoms with van der Waals surface area (Å²) in [6.45, 7) is 1.54. The summed E-state index contributed by atoms with van der Waals surface area (Å²) in [4.78, 5) is 8.81. The lowest BCUT2D eigenvalue weighted by Gasteiger charge is -2.21. The van der Waals surface area contributed by atoms with E-state index in [1.807, 2.05) is 30.5 Å². The first-order valence-electron chi connectivity index (χ1n) is 12.4. The predicted molar refractivity (Wildman–Crippen MR) is 127 cm³/mol. The Hall–Kier alpha value is -2.97. The molecule has 1 unspecified atom stereocenters. The van der Waals surface area contributed by atoms with Crippen molar-refractivity contribution >= 4 is 11.5 Å². The van der Waals surface area contributed by atoms with E-state index in [1.165, 1.54) is 25.7 Å². The SMILES string of the molecule is OC(CC1CC1)c1cc(Nc2cc(Oc3cn(C4CC4)nc3C3CCOCC3)ccn2)ccn1. The van der Waals surface area contributed by atoms with Crippen molar-refractivity contribution in [2.75, 3.05) is 18.5 Å². The Morgan fingerprint density at radius 2 is 1.88 bits per heavy atom. The number of ether oxygens (including phenoxy) is 2. The molecule has 2 saturated carbocycles. The number of anilines is 2. The maximum absolute atomic E-state index is 10.5. The number of nitrogens with zero attached hydrogens (tertiary/aromatic N) is 4. The molecule has 3 aromatic rings. The zero-order chi connectivity index (χ0) is 22.9. The normalized spacial score (nSPS) is 19.7. The predicted octanol–water partition coefficient (Wildman–Crippen LogP) is 5.27. The first-order chi connectivity index (χ1) is 16.7. The van der Waals surface area contributed by atoms with E-state index >= 15 is 0 Å². The van der Waals surface area contributed by atoms with Crippen LogP contribution in [0.4, 0.5) is 11.5 Å². The number of hydrogen-bond donors (Lipinski definition) is 2. The van der Waals surface area contributed by atoms with Gasteiger partial charge in [0, 0.05) is 43.3 Å². The van der Waals surface area contributed by atoms with Crippen LogP contribution in [0.1, 0.15) is 74.4 Å². The van der Waals surface area contributed by atoms with Crippen LogP contribution in [0.15, 0.2) is 42.9 Å². The highest BCUT2D eigenvalue weighted by Crippen LogP contribution is 2.41. The first-order valence-corrected chi connectivity index (χ1v) is 12.4. The molecule has 178 valence electrons. The molecular formula is C26H31N5O3. The van der Waals surface area contributed by atoms with Crippen LogP contribution < -0.4 is 10.1 Å². The molecule has 8 nitrogen and oxygen atoms in total. The summed E-state index contributed by atoms with van der Waals surface area (Å²) < 4.78 is 14.0. The quantitative estimate of drug-likeness (QED) is 0.448. The lowest BCUT2D eigenvalue weighted by molar-refractivity contribution is 0.0839. The number of hydrogen-bond acceptors (Lipinski definition) is 7. The monoisotopic (exact) mass is 461 g/mol. The Bertz CT molecular complexity index is 1130. The molecule has 0 aromatic carbocycles. The van der Waals surface area contributed by atoms with Crippen molar-refractivity contribution in [3.05, 3.63) is 54.2 Å². The zero-order valence-corrected chi connectivity index (χ0v) is 19.3. The molecule has 3 aromatic heterocycles. The van der Waals surface area contributed by atoms with E-state index in [0.717, 1.165) is 49.6 Å². The van der Waals surface area contributed by atoms with Gasteiger partial charge in [0.05, 0.1) is 24.0 Å². The third kappa shape index (κ3) is 5.08. The van der Waals surface area contributed by atoms with Gasteiger partial charge >= 0.3 is 0 Å². The van der Waals surface area contributed by atoms with Gasteiger partial charge in [-0.15, -0.1) is 0 Å². The third-order valence-electron chi connectivity index (χ3n) is 6.86. The largest absolute Gasteiger partial charge is 0.454 e. The van der Waals surface area contributed by atoms with Crippen LogP contribution in [0.2, 0.25) is 0 Å². The maximum Gasteiger partial charge on any atom is 0.168 e. The topological polar surface area (TPSA) is 94.3 Å². The van der Waals surface area contributed by atoms with Gasteiger partial charge in [-0.3, -0.25) is 9.67 Å². The fraction of sp³-hybridized carbons (Fsp3) is 0.500. The lowest BCUT2D eigenvalue weighted by atomic mass is 9.96. The molecule has 0 amide bonds. The Labute approximate surface area is 199 Å². The minimum absolute atomic E-state index is 0.362. The van der Waals surface area contributed by atoms with Gasteiger partial charge in [0.25, 0.3) is 0 Å². The van der Waals surface area contributed by atoms with Gasteiger partial charge in [-0.25, -0.2) is 4.98 Å². The molecule has 0 bridgehead atoms. The molecule has 0 radical (unpaired) electrons. The van der Waals surface area contributed by atoms with Gasteiger partial charge in [0.15, 0.2) is 5.75 Å². The molecular weight excluding hydrogens is 430 g/mol. The molecule has 3 fully saturated rings. The van der Waals surface area contributed by atoms with Crippen molar-refractivity contribution in [3.63, 3.8) is 0 Å². The maximum atomic E-state index is 10.5.